The topological polar surface area (TPSA) is 92.5 Å². The Morgan fingerprint density at radius 1 is 1.04 bits per heavy atom. The number of nitrogens with one attached hydrogen (secondary N) is 1. The summed E-state index contributed by atoms with van der Waals surface area (Å²) in [4.78, 5) is 11.9. The van der Waals surface area contributed by atoms with Gasteiger partial charge in [-0.15, -0.1) is 12.4 Å². The van der Waals surface area contributed by atoms with Crippen LogP contribution in [0.15, 0.2) is 53.4 Å². The van der Waals surface area contributed by atoms with Crippen LogP contribution in [-0.4, -0.2) is 38.3 Å². The number of hydrogen-bond acceptors (Lipinski definition) is 4. The molecule has 0 bridgehead atoms. The maximum atomic E-state index is 13.2. The highest BCUT2D eigenvalue weighted by atomic mass is 35.5. The van der Waals surface area contributed by atoms with E-state index in [1.165, 1.54) is 4.31 Å². The normalized spacial score (nSPS) is 14.0. The van der Waals surface area contributed by atoms with E-state index < -0.39 is 10.0 Å². The largest absolute Gasteiger partial charge is 0.329 e. The van der Waals surface area contributed by atoms with Crippen LogP contribution >= 0.6 is 12.4 Å². The number of fused-ring (bicyclic) bond motifs is 1. The van der Waals surface area contributed by atoms with E-state index >= 15 is 0 Å². The van der Waals surface area contributed by atoms with Crippen molar-refractivity contribution >= 4 is 34.0 Å². The van der Waals surface area contributed by atoms with E-state index in [2.05, 4.69) is 5.32 Å². The predicted octanol–water partition coefficient (Wildman–Crippen LogP) is 2.58. The molecule has 0 unspecified atom stereocenters. The zero-order chi connectivity index (χ0) is 19.3. The number of carbonyl (C=O) groups is 1. The summed E-state index contributed by atoms with van der Waals surface area (Å²) in [6, 6.07) is 14.7. The van der Waals surface area contributed by atoms with E-state index in [9.17, 15) is 13.2 Å². The Balaban J connectivity index is 0.00000280. The van der Waals surface area contributed by atoms with Crippen molar-refractivity contribution in [2.24, 2.45) is 5.73 Å². The summed E-state index contributed by atoms with van der Waals surface area (Å²) < 4.78 is 27.8. The molecule has 0 atom stereocenters. The molecule has 28 heavy (non-hydrogen) atoms. The van der Waals surface area contributed by atoms with Gasteiger partial charge in [0.25, 0.3) is 0 Å². The van der Waals surface area contributed by atoms with Gasteiger partial charge in [0.1, 0.15) is 0 Å². The maximum absolute atomic E-state index is 13.2. The molecule has 8 heteroatoms. The lowest BCUT2D eigenvalue weighted by atomic mass is 10.1. The van der Waals surface area contributed by atoms with Gasteiger partial charge in [0.05, 0.1) is 4.90 Å². The number of amides is 1. The Labute approximate surface area is 172 Å². The Morgan fingerprint density at radius 3 is 2.50 bits per heavy atom. The highest BCUT2D eigenvalue weighted by molar-refractivity contribution is 7.89. The zero-order valence-electron chi connectivity index (χ0n) is 15.6. The zero-order valence-corrected chi connectivity index (χ0v) is 17.3. The number of sulfonamides is 1. The van der Waals surface area contributed by atoms with Gasteiger partial charge in [0.2, 0.25) is 15.9 Å². The summed E-state index contributed by atoms with van der Waals surface area (Å²) in [7, 11) is -3.65. The van der Waals surface area contributed by atoms with Crippen molar-refractivity contribution in [1.82, 2.24) is 4.31 Å². The molecule has 6 nitrogen and oxygen atoms in total. The number of benzene rings is 2. The number of anilines is 1. The van der Waals surface area contributed by atoms with E-state index in [1.54, 1.807) is 18.2 Å². The second kappa shape index (κ2) is 10.0. The van der Waals surface area contributed by atoms with E-state index in [0.717, 1.165) is 11.1 Å². The van der Waals surface area contributed by atoms with E-state index in [-0.39, 0.29) is 36.3 Å². The molecule has 1 aliphatic rings. The fourth-order valence-corrected chi connectivity index (χ4v) is 4.76. The minimum absolute atomic E-state index is 0. The number of rotatable bonds is 7. The molecule has 152 valence electrons. The smallest absolute Gasteiger partial charge is 0.243 e. The summed E-state index contributed by atoms with van der Waals surface area (Å²) in [5.41, 5.74) is 8.31. The summed E-state index contributed by atoms with van der Waals surface area (Å²) in [6.45, 7) is 0.898. The molecule has 3 rings (SSSR count). The van der Waals surface area contributed by atoms with Gasteiger partial charge in [-0.05, 0) is 48.6 Å². The van der Waals surface area contributed by atoms with Gasteiger partial charge in [-0.2, -0.15) is 4.31 Å². The van der Waals surface area contributed by atoms with Crippen LogP contribution in [0.3, 0.4) is 0 Å². The number of carbonyl (C=O) groups excluding carboxylic acids is 1. The minimum atomic E-state index is -3.65. The van der Waals surface area contributed by atoms with Crippen molar-refractivity contribution in [3.8, 4) is 0 Å². The Hall–Kier alpha value is -1.93. The highest BCUT2D eigenvalue weighted by Crippen LogP contribution is 2.26. The van der Waals surface area contributed by atoms with Gasteiger partial charge in [-0.3, -0.25) is 4.79 Å². The van der Waals surface area contributed by atoms with Crippen molar-refractivity contribution < 1.29 is 13.2 Å². The first-order valence-electron chi connectivity index (χ1n) is 9.17. The molecular weight excluding hydrogens is 398 g/mol. The average Bonchev–Trinajstić information content (AvgIpc) is 2.85. The van der Waals surface area contributed by atoms with Crippen LogP contribution in [0.25, 0.3) is 0 Å². The lowest BCUT2D eigenvalue weighted by Crippen LogP contribution is -2.37. The number of hydrogen-bond donors (Lipinski definition) is 2. The quantitative estimate of drug-likeness (QED) is 0.715. The summed E-state index contributed by atoms with van der Waals surface area (Å²) in [6.07, 6.45) is 2.47. The summed E-state index contributed by atoms with van der Waals surface area (Å²) in [5.74, 6) is -0.0306. The molecule has 1 aliphatic heterocycles. The molecule has 2 aromatic rings. The van der Waals surface area contributed by atoms with Gasteiger partial charge in [0.15, 0.2) is 0 Å². The first kappa shape index (κ1) is 22.4. The molecule has 2 aromatic carbocycles. The standard InChI is InChI=1S/C20H25N3O3S.ClH/c21-12-14-23(13-11-16-5-2-1-3-6-16)27(25,26)18-9-10-19-17(15-18)7-4-8-20(24)22-19;/h1-3,5-6,9-10,15H,4,7-8,11-14,21H2,(H,22,24);1H. The van der Waals surface area contributed by atoms with E-state index in [0.29, 0.717) is 37.9 Å². The highest BCUT2D eigenvalue weighted by Gasteiger charge is 2.25. The molecule has 0 aromatic heterocycles. The van der Waals surface area contributed by atoms with Crippen LogP contribution in [0.5, 0.6) is 0 Å². The molecule has 0 fully saturated rings. The van der Waals surface area contributed by atoms with E-state index in [4.69, 9.17) is 5.73 Å². The molecule has 1 heterocycles. The van der Waals surface area contributed by atoms with Gasteiger partial charge in [-0.25, -0.2) is 8.42 Å². The van der Waals surface area contributed by atoms with Gasteiger partial charge < -0.3 is 11.1 Å². The number of aryl methyl sites for hydroxylation is 1. The molecular formula is C20H26ClN3O3S. The van der Waals surface area contributed by atoms with Gasteiger partial charge >= 0.3 is 0 Å². The van der Waals surface area contributed by atoms with Crippen molar-refractivity contribution in [1.29, 1.82) is 0 Å². The minimum Gasteiger partial charge on any atom is -0.329 e. The maximum Gasteiger partial charge on any atom is 0.243 e. The van der Waals surface area contributed by atoms with Crippen LogP contribution < -0.4 is 11.1 Å². The van der Waals surface area contributed by atoms with Crippen LogP contribution in [-0.2, 0) is 27.7 Å². The fourth-order valence-electron chi connectivity index (χ4n) is 3.26. The van der Waals surface area contributed by atoms with Gasteiger partial charge in [0, 0.05) is 31.7 Å². The summed E-state index contributed by atoms with van der Waals surface area (Å²) in [5, 5.41) is 2.83. The van der Waals surface area contributed by atoms with Crippen LogP contribution in [0.2, 0.25) is 0 Å². The average molecular weight is 424 g/mol. The lowest BCUT2D eigenvalue weighted by Gasteiger charge is -2.22. The van der Waals surface area contributed by atoms with Crippen molar-refractivity contribution in [2.75, 3.05) is 25.0 Å². The second-order valence-corrected chi connectivity index (χ2v) is 8.59. The number of halogens is 1. The van der Waals surface area contributed by atoms with Crippen LogP contribution in [0, 0.1) is 0 Å². The summed E-state index contributed by atoms with van der Waals surface area (Å²) >= 11 is 0. The van der Waals surface area contributed by atoms with Gasteiger partial charge in [-0.1, -0.05) is 30.3 Å². The third-order valence-corrected chi connectivity index (χ3v) is 6.60. The SMILES string of the molecule is Cl.NCCN(CCc1ccccc1)S(=O)(=O)c1ccc2c(c1)CCCC(=O)N2. The van der Waals surface area contributed by atoms with Crippen LogP contribution in [0.1, 0.15) is 24.0 Å². The third-order valence-electron chi connectivity index (χ3n) is 4.71. The molecule has 3 N–H and O–H groups in total. The Bertz CT molecular complexity index is 904. The first-order chi connectivity index (χ1) is 13.0. The van der Waals surface area contributed by atoms with Crippen LogP contribution in [0.4, 0.5) is 5.69 Å². The molecule has 0 saturated carbocycles. The molecule has 1 amide bonds. The molecule has 0 spiro atoms. The van der Waals surface area contributed by atoms with Crippen molar-refractivity contribution in [3.05, 3.63) is 59.7 Å². The van der Waals surface area contributed by atoms with Crippen molar-refractivity contribution in [3.63, 3.8) is 0 Å². The predicted molar refractivity (Wildman–Crippen MR) is 113 cm³/mol. The first-order valence-corrected chi connectivity index (χ1v) is 10.6. The molecule has 0 saturated heterocycles. The second-order valence-electron chi connectivity index (χ2n) is 6.65. The Kier molecular flexibility index (Phi) is 8.00. The molecule has 0 radical (unpaired) electrons. The van der Waals surface area contributed by atoms with Crippen molar-refractivity contribution in [2.45, 2.75) is 30.6 Å². The Morgan fingerprint density at radius 2 is 1.79 bits per heavy atom. The molecule has 0 aliphatic carbocycles. The lowest BCUT2D eigenvalue weighted by molar-refractivity contribution is -0.116. The van der Waals surface area contributed by atoms with E-state index in [1.807, 2.05) is 30.3 Å². The monoisotopic (exact) mass is 423 g/mol. The fraction of sp³-hybridized carbons (Fsp3) is 0.350. The number of nitrogens with two attached hydrogens (primary N) is 1. The third kappa shape index (κ3) is 5.32. The number of nitrogens with zero attached hydrogens (tertiary/aromatic N) is 1.